The molecule has 1 aromatic rings. The molecule has 1 rings (SSSR count). The molecular weight excluding hydrogens is 202 g/mol. The second kappa shape index (κ2) is 8.13. The van der Waals surface area contributed by atoms with Crippen LogP contribution in [-0.4, -0.2) is 40.0 Å². The van der Waals surface area contributed by atoms with Gasteiger partial charge in [-0.3, -0.25) is 0 Å². The summed E-state index contributed by atoms with van der Waals surface area (Å²) in [5.74, 6) is 0. The molecule has 0 amide bonds. The number of para-hydroxylation sites is 1. The third-order valence-electron chi connectivity index (χ3n) is 2.44. The second-order valence-electron chi connectivity index (χ2n) is 3.52. The molecule has 1 aromatic carbocycles. The van der Waals surface area contributed by atoms with Crippen LogP contribution in [0.4, 0.5) is 5.69 Å². The molecule has 0 heterocycles. The minimum atomic E-state index is 0.664. The van der Waals surface area contributed by atoms with Crippen LogP contribution in [-0.2, 0) is 9.47 Å². The Kier molecular flexibility index (Phi) is 6.61. The molecule has 3 nitrogen and oxygen atoms in total. The van der Waals surface area contributed by atoms with E-state index in [1.54, 1.807) is 7.11 Å². The molecule has 3 heteroatoms. The summed E-state index contributed by atoms with van der Waals surface area (Å²) in [5.41, 5.74) is 1.25. The maximum absolute atomic E-state index is 5.46. The lowest BCUT2D eigenvalue weighted by molar-refractivity contribution is 0.0741. The minimum Gasteiger partial charge on any atom is -0.382 e. The highest BCUT2D eigenvalue weighted by atomic mass is 16.5. The van der Waals surface area contributed by atoms with Crippen molar-refractivity contribution in [1.82, 2.24) is 0 Å². The van der Waals surface area contributed by atoms with E-state index in [0.29, 0.717) is 13.2 Å². The molecular formula is C13H21NO2. The van der Waals surface area contributed by atoms with E-state index in [1.807, 2.05) is 6.07 Å². The highest BCUT2D eigenvalue weighted by Gasteiger charge is 2.02. The molecule has 0 aliphatic carbocycles. The molecule has 0 saturated carbocycles. The first-order valence-corrected chi connectivity index (χ1v) is 5.75. The van der Waals surface area contributed by atoms with Gasteiger partial charge in [0.1, 0.15) is 0 Å². The standard InChI is InChI=1S/C13H21NO2/c1-3-14(9-10-16-12-11-15-2)13-7-5-4-6-8-13/h4-8H,3,9-12H2,1-2H3. The van der Waals surface area contributed by atoms with Crippen LogP contribution in [0.3, 0.4) is 0 Å². The molecule has 0 radical (unpaired) electrons. The number of likely N-dealkylation sites (N-methyl/N-ethyl adjacent to an activating group) is 1. The Bertz CT molecular complexity index is 264. The zero-order valence-electron chi connectivity index (χ0n) is 10.2. The van der Waals surface area contributed by atoms with Crippen molar-refractivity contribution in [2.45, 2.75) is 6.92 Å². The number of hydrogen-bond acceptors (Lipinski definition) is 3. The first-order valence-electron chi connectivity index (χ1n) is 5.75. The van der Waals surface area contributed by atoms with Crippen LogP contribution in [0.5, 0.6) is 0 Å². The predicted molar refractivity (Wildman–Crippen MR) is 67.0 cm³/mol. The van der Waals surface area contributed by atoms with Crippen molar-refractivity contribution in [2.24, 2.45) is 0 Å². The second-order valence-corrected chi connectivity index (χ2v) is 3.52. The lowest BCUT2D eigenvalue weighted by atomic mass is 10.3. The zero-order chi connectivity index (χ0) is 11.6. The average molecular weight is 223 g/mol. The van der Waals surface area contributed by atoms with Gasteiger partial charge in [0, 0.05) is 25.9 Å². The summed E-state index contributed by atoms with van der Waals surface area (Å²) in [4.78, 5) is 2.30. The van der Waals surface area contributed by atoms with Gasteiger partial charge >= 0.3 is 0 Å². The number of nitrogens with zero attached hydrogens (tertiary/aromatic N) is 1. The molecule has 0 fully saturated rings. The fourth-order valence-corrected chi connectivity index (χ4v) is 1.53. The van der Waals surface area contributed by atoms with Gasteiger partial charge in [-0.05, 0) is 19.1 Å². The summed E-state index contributed by atoms with van der Waals surface area (Å²) in [6, 6.07) is 10.4. The van der Waals surface area contributed by atoms with Crippen molar-refractivity contribution in [3.05, 3.63) is 30.3 Å². The van der Waals surface area contributed by atoms with Gasteiger partial charge in [-0.2, -0.15) is 0 Å². The molecule has 0 spiro atoms. The molecule has 0 bridgehead atoms. The monoisotopic (exact) mass is 223 g/mol. The maximum Gasteiger partial charge on any atom is 0.0701 e. The number of methoxy groups -OCH3 is 1. The lowest BCUT2D eigenvalue weighted by Crippen LogP contribution is -2.27. The van der Waals surface area contributed by atoms with Crippen molar-refractivity contribution >= 4 is 5.69 Å². The molecule has 0 N–H and O–H groups in total. The van der Waals surface area contributed by atoms with Crippen molar-refractivity contribution in [3.63, 3.8) is 0 Å². The Morgan fingerprint density at radius 2 is 1.81 bits per heavy atom. The minimum absolute atomic E-state index is 0.664. The van der Waals surface area contributed by atoms with E-state index in [-0.39, 0.29) is 0 Å². The van der Waals surface area contributed by atoms with Crippen molar-refractivity contribution in [2.75, 3.05) is 44.9 Å². The molecule has 0 aliphatic rings. The SMILES string of the molecule is CCN(CCOCCOC)c1ccccc1. The molecule has 0 saturated heterocycles. The molecule has 0 unspecified atom stereocenters. The smallest absolute Gasteiger partial charge is 0.0701 e. The molecule has 0 atom stereocenters. The topological polar surface area (TPSA) is 21.7 Å². The van der Waals surface area contributed by atoms with Gasteiger partial charge in [0.15, 0.2) is 0 Å². The Morgan fingerprint density at radius 1 is 1.06 bits per heavy atom. The number of anilines is 1. The third-order valence-corrected chi connectivity index (χ3v) is 2.44. The Hall–Kier alpha value is -1.06. The summed E-state index contributed by atoms with van der Waals surface area (Å²) >= 11 is 0. The number of rotatable bonds is 8. The first kappa shape index (κ1) is 13.0. The van der Waals surface area contributed by atoms with E-state index < -0.39 is 0 Å². The maximum atomic E-state index is 5.46. The van der Waals surface area contributed by atoms with E-state index in [4.69, 9.17) is 9.47 Å². The van der Waals surface area contributed by atoms with Crippen molar-refractivity contribution in [3.8, 4) is 0 Å². The molecule has 90 valence electrons. The average Bonchev–Trinajstić information content (AvgIpc) is 2.35. The van der Waals surface area contributed by atoms with Crippen molar-refractivity contribution in [1.29, 1.82) is 0 Å². The van der Waals surface area contributed by atoms with Gasteiger partial charge in [0.25, 0.3) is 0 Å². The normalized spacial score (nSPS) is 10.4. The largest absolute Gasteiger partial charge is 0.382 e. The van der Waals surface area contributed by atoms with E-state index in [0.717, 1.165) is 19.7 Å². The number of benzene rings is 1. The third kappa shape index (κ3) is 4.64. The molecule has 16 heavy (non-hydrogen) atoms. The van der Waals surface area contributed by atoms with Crippen LogP contribution in [0.25, 0.3) is 0 Å². The van der Waals surface area contributed by atoms with Crippen LogP contribution in [0.1, 0.15) is 6.92 Å². The van der Waals surface area contributed by atoms with Gasteiger partial charge in [-0.25, -0.2) is 0 Å². The van der Waals surface area contributed by atoms with Crippen molar-refractivity contribution < 1.29 is 9.47 Å². The van der Waals surface area contributed by atoms with Gasteiger partial charge in [0.2, 0.25) is 0 Å². The quantitative estimate of drug-likeness (QED) is 0.630. The van der Waals surface area contributed by atoms with Crippen LogP contribution >= 0.6 is 0 Å². The van der Waals surface area contributed by atoms with Crippen LogP contribution in [0.2, 0.25) is 0 Å². The van der Waals surface area contributed by atoms with Gasteiger partial charge in [-0.15, -0.1) is 0 Å². The summed E-state index contributed by atoms with van der Waals surface area (Å²) < 4.78 is 10.4. The summed E-state index contributed by atoms with van der Waals surface area (Å²) in [6.07, 6.45) is 0. The van der Waals surface area contributed by atoms with E-state index in [2.05, 4.69) is 36.1 Å². The first-order chi connectivity index (χ1) is 7.88. The summed E-state index contributed by atoms with van der Waals surface area (Å²) in [7, 11) is 1.69. The van der Waals surface area contributed by atoms with Gasteiger partial charge in [0.05, 0.1) is 19.8 Å². The number of hydrogen-bond donors (Lipinski definition) is 0. The highest BCUT2D eigenvalue weighted by molar-refractivity contribution is 5.45. The Labute approximate surface area is 98.0 Å². The fraction of sp³-hybridized carbons (Fsp3) is 0.538. The van der Waals surface area contributed by atoms with E-state index in [1.165, 1.54) is 5.69 Å². The van der Waals surface area contributed by atoms with E-state index in [9.17, 15) is 0 Å². The molecule has 0 aliphatic heterocycles. The van der Waals surface area contributed by atoms with Gasteiger partial charge < -0.3 is 14.4 Å². The van der Waals surface area contributed by atoms with Gasteiger partial charge in [-0.1, -0.05) is 18.2 Å². The summed E-state index contributed by atoms with van der Waals surface area (Å²) in [5, 5.41) is 0. The predicted octanol–water partition coefficient (Wildman–Crippen LogP) is 2.18. The lowest BCUT2D eigenvalue weighted by Gasteiger charge is -2.22. The number of ether oxygens (including phenoxy) is 2. The van der Waals surface area contributed by atoms with Crippen LogP contribution < -0.4 is 4.90 Å². The van der Waals surface area contributed by atoms with Crippen LogP contribution in [0, 0.1) is 0 Å². The summed E-state index contributed by atoms with van der Waals surface area (Å²) in [6.45, 7) is 6.15. The molecule has 0 aromatic heterocycles. The zero-order valence-corrected chi connectivity index (χ0v) is 10.2. The Morgan fingerprint density at radius 3 is 2.44 bits per heavy atom. The Balaban J connectivity index is 2.27. The highest BCUT2D eigenvalue weighted by Crippen LogP contribution is 2.11. The van der Waals surface area contributed by atoms with Crippen LogP contribution in [0.15, 0.2) is 30.3 Å². The fourth-order valence-electron chi connectivity index (χ4n) is 1.53. The van der Waals surface area contributed by atoms with E-state index >= 15 is 0 Å².